The van der Waals surface area contributed by atoms with Crippen LogP contribution in [0.1, 0.15) is 0 Å². The lowest BCUT2D eigenvalue weighted by Crippen LogP contribution is -2.34. The second-order valence-electron chi connectivity index (χ2n) is 1.72. The molecule has 0 radical (unpaired) electrons. The Balaban J connectivity index is 4.07. The number of hydrogen-bond acceptors (Lipinski definition) is 4. The number of carbonyl (C=O) groups is 1. The van der Waals surface area contributed by atoms with Crippen LogP contribution >= 0.6 is 0 Å². The third kappa shape index (κ3) is 2.04. The lowest BCUT2D eigenvalue weighted by Gasteiger charge is -2.11. The Morgan fingerprint density at radius 2 is 1.60 bits per heavy atom. The third-order valence-corrected chi connectivity index (χ3v) is 0.893. The molecule has 58 valence electrons. The predicted molar refractivity (Wildman–Crippen MR) is 31.4 cm³/mol. The SMILES string of the molecule is C=C(O)C(O)C(O)C(=O)O. The van der Waals surface area contributed by atoms with Crippen molar-refractivity contribution < 1.29 is 25.2 Å². The van der Waals surface area contributed by atoms with Crippen molar-refractivity contribution in [2.75, 3.05) is 0 Å². The molecule has 0 aliphatic rings. The van der Waals surface area contributed by atoms with Crippen LogP contribution in [0.4, 0.5) is 0 Å². The van der Waals surface area contributed by atoms with Gasteiger partial charge in [0, 0.05) is 0 Å². The lowest BCUT2D eigenvalue weighted by molar-refractivity contribution is -0.152. The number of aliphatic carboxylic acids is 1. The van der Waals surface area contributed by atoms with Crippen LogP contribution < -0.4 is 0 Å². The number of carboxylic acid groups (broad SMARTS) is 1. The van der Waals surface area contributed by atoms with Crippen LogP contribution in [0.2, 0.25) is 0 Å². The summed E-state index contributed by atoms with van der Waals surface area (Å²) < 4.78 is 0. The number of carboxylic acids is 1. The average molecular weight is 148 g/mol. The van der Waals surface area contributed by atoms with Crippen LogP contribution in [0.5, 0.6) is 0 Å². The molecule has 0 aliphatic heterocycles. The molecule has 0 spiro atoms. The van der Waals surface area contributed by atoms with E-state index in [4.69, 9.17) is 20.4 Å². The van der Waals surface area contributed by atoms with E-state index in [-0.39, 0.29) is 0 Å². The smallest absolute Gasteiger partial charge is 0.335 e. The fourth-order valence-electron chi connectivity index (χ4n) is 0.317. The standard InChI is InChI=1S/C5H8O5/c1-2(6)3(7)4(8)5(9)10/h3-4,6-8H,1H2,(H,9,10). The van der Waals surface area contributed by atoms with Crippen LogP contribution in [0, 0.1) is 0 Å². The average Bonchev–Trinajstić information content (AvgIpc) is 1.84. The van der Waals surface area contributed by atoms with Crippen molar-refractivity contribution in [2.24, 2.45) is 0 Å². The molecule has 0 aromatic heterocycles. The van der Waals surface area contributed by atoms with Crippen molar-refractivity contribution in [1.82, 2.24) is 0 Å². The van der Waals surface area contributed by atoms with E-state index >= 15 is 0 Å². The minimum absolute atomic E-state index is 0.769. The highest BCUT2D eigenvalue weighted by molar-refractivity contribution is 5.73. The number of aliphatic hydroxyl groups excluding tert-OH is 3. The maximum absolute atomic E-state index is 9.88. The second kappa shape index (κ2) is 3.19. The minimum Gasteiger partial charge on any atom is -0.510 e. The molecule has 0 rings (SSSR count). The predicted octanol–water partition coefficient (Wildman–Crippen LogP) is -1.14. The summed E-state index contributed by atoms with van der Waals surface area (Å²) in [5.41, 5.74) is 0. The molecule has 0 heterocycles. The van der Waals surface area contributed by atoms with Gasteiger partial charge in [0.15, 0.2) is 6.10 Å². The molecule has 0 fully saturated rings. The zero-order valence-corrected chi connectivity index (χ0v) is 5.06. The summed E-state index contributed by atoms with van der Waals surface area (Å²) >= 11 is 0. The van der Waals surface area contributed by atoms with Crippen molar-refractivity contribution >= 4 is 5.97 Å². The Morgan fingerprint density at radius 1 is 1.20 bits per heavy atom. The van der Waals surface area contributed by atoms with Gasteiger partial charge in [0.2, 0.25) is 0 Å². The molecule has 5 heteroatoms. The van der Waals surface area contributed by atoms with E-state index < -0.39 is 23.9 Å². The first kappa shape index (κ1) is 8.93. The van der Waals surface area contributed by atoms with Crippen molar-refractivity contribution in [3.8, 4) is 0 Å². The first-order valence-corrected chi connectivity index (χ1v) is 2.43. The van der Waals surface area contributed by atoms with Gasteiger partial charge in [0.1, 0.15) is 11.9 Å². The van der Waals surface area contributed by atoms with Crippen LogP contribution in [0.3, 0.4) is 0 Å². The number of rotatable bonds is 3. The number of aliphatic hydroxyl groups is 3. The zero-order valence-electron chi connectivity index (χ0n) is 5.06. The maximum atomic E-state index is 9.88. The summed E-state index contributed by atoms with van der Waals surface area (Å²) in [6, 6.07) is 0. The fraction of sp³-hybridized carbons (Fsp3) is 0.400. The molecule has 10 heavy (non-hydrogen) atoms. The van der Waals surface area contributed by atoms with Gasteiger partial charge in [0.05, 0.1) is 0 Å². The van der Waals surface area contributed by atoms with Gasteiger partial charge in [-0.15, -0.1) is 0 Å². The molecular weight excluding hydrogens is 140 g/mol. The van der Waals surface area contributed by atoms with E-state index in [1.54, 1.807) is 0 Å². The van der Waals surface area contributed by atoms with Crippen LogP contribution in [0.15, 0.2) is 12.3 Å². The molecular formula is C5H8O5. The van der Waals surface area contributed by atoms with Gasteiger partial charge in [-0.25, -0.2) is 4.79 Å². The topological polar surface area (TPSA) is 98.0 Å². The second-order valence-corrected chi connectivity index (χ2v) is 1.72. The quantitative estimate of drug-likeness (QED) is 0.379. The van der Waals surface area contributed by atoms with Crippen LogP contribution in [-0.2, 0) is 4.79 Å². The molecule has 0 saturated heterocycles. The van der Waals surface area contributed by atoms with E-state index in [1.165, 1.54) is 0 Å². The van der Waals surface area contributed by atoms with Gasteiger partial charge in [-0.2, -0.15) is 0 Å². The molecule has 5 nitrogen and oxygen atoms in total. The highest BCUT2D eigenvalue weighted by atomic mass is 16.4. The molecule has 0 aromatic rings. The summed E-state index contributed by atoms with van der Waals surface area (Å²) in [4.78, 5) is 9.88. The molecule has 0 saturated carbocycles. The van der Waals surface area contributed by atoms with E-state index in [1.807, 2.05) is 0 Å². The van der Waals surface area contributed by atoms with Gasteiger partial charge in [-0.1, -0.05) is 6.58 Å². The zero-order chi connectivity index (χ0) is 8.31. The fourth-order valence-corrected chi connectivity index (χ4v) is 0.317. The maximum Gasteiger partial charge on any atom is 0.335 e. The van der Waals surface area contributed by atoms with Crippen LogP contribution in [0.25, 0.3) is 0 Å². The Kier molecular flexibility index (Phi) is 2.85. The Labute approximate surface area is 56.8 Å². The van der Waals surface area contributed by atoms with Gasteiger partial charge < -0.3 is 20.4 Å². The van der Waals surface area contributed by atoms with Gasteiger partial charge >= 0.3 is 5.97 Å². The van der Waals surface area contributed by atoms with Gasteiger partial charge in [-0.05, 0) is 0 Å². The minimum atomic E-state index is -2.02. The summed E-state index contributed by atoms with van der Waals surface area (Å²) in [6.45, 7) is 2.84. The van der Waals surface area contributed by atoms with Crippen molar-refractivity contribution in [2.45, 2.75) is 12.2 Å². The molecule has 2 atom stereocenters. The molecule has 2 unspecified atom stereocenters. The summed E-state index contributed by atoms with van der Waals surface area (Å²) in [5, 5.41) is 33.5. The van der Waals surface area contributed by atoms with E-state index in [0.29, 0.717) is 0 Å². The first-order valence-electron chi connectivity index (χ1n) is 2.43. The summed E-state index contributed by atoms with van der Waals surface area (Å²) in [7, 11) is 0. The monoisotopic (exact) mass is 148 g/mol. The third-order valence-electron chi connectivity index (χ3n) is 0.893. The number of hydrogen-bond donors (Lipinski definition) is 4. The van der Waals surface area contributed by atoms with Crippen molar-refractivity contribution in [3.05, 3.63) is 12.3 Å². The molecule has 0 amide bonds. The molecule has 4 N–H and O–H groups in total. The van der Waals surface area contributed by atoms with Crippen molar-refractivity contribution in [3.63, 3.8) is 0 Å². The summed E-state index contributed by atoms with van der Waals surface area (Å²) in [5.74, 6) is -2.38. The lowest BCUT2D eigenvalue weighted by atomic mass is 10.2. The van der Waals surface area contributed by atoms with Crippen molar-refractivity contribution in [1.29, 1.82) is 0 Å². The Hall–Kier alpha value is -1.07. The highest BCUT2D eigenvalue weighted by Crippen LogP contribution is 2.00. The van der Waals surface area contributed by atoms with E-state index in [0.717, 1.165) is 0 Å². The normalized spacial score (nSPS) is 15.8. The summed E-state index contributed by atoms with van der Waals surface area (Å²) in [6.07, 6.45) is -3.84. The van der Waals surface area contributed by atoms with Crippen LogP contribution in [-0.4, -0.2) is 38.6 Å². The molecule has 0 bridgehead atoms. The highest BCUT2D eigenvalue weighted by Gasteiger charge is 2.25. The van der Waals surface area contributed by atoms with E-state index in [2.05, 4.69) is 6.58 Å². The molecule has 0 aliphatic carbocycles. The van der Waals surface area contributed by atoms with E-state index in [9.17, 15) is 4.79 Å². The molecule has 0 aromatic carbocycles. The first-order chi connectivity index (χ1) is 4.46. The Bertz CT molecular complexity index is 134. The van der Waals surface area contributed by atoms with Gasteiger partial charge in [0.25, 0.3) is 0 Å². The van der Waals surface area contributed by atoms with Gasteiger partial charge in [-0.3, -0.25) is 0 Å². The Morgan fingerprint density at radius 3 is 1.70 bits per heavy atom. The largest absolute Gasteiger partial charge is 0.510 e.